The van der Waals surface area contributed by atoms with Crippen molar-refractivity contribution in [3.8, 4) is 5.75 Å². The van der Waals surface area contributed by atoms with Crippen LogP contribution in [0.1, 0.15) is 40.0 Å². The van der Waals surface area contributed by atoms with E-state index in [1.165, 1.54) is 12.1 Å². The Bertz CT molecular complexity index is 669. The number of nitrogens with zero attached hydrogens (tertiary/aromatic N) is 1. The SMILES string of the molecule is CC(C)(C)OC(=O)N[C@@H]1CCCCN(C(=O)Oc2ccc(F)cc2)C1=O. The van der Waals surface area contributed by atoms with E-state index in [0.29, 0.717) is 19.3 Å². The van der Waals surface area contributed by atoms with Gasteiger partial charge in [0.15, 0.2) is 0 Å². The smallest absolute Gasteiger partial charge is 0.422 e. The minimum atomic E-state index is -0.867. The van der Waals surface area contributed by atoms with Crippen LogP contribution in [0, 0.1) is 5.82 Å². The van der Waals surface area contributed by atoms with Crippen molar-refractivity contribution in [3.63, 3.8) is 0 Å². The van der Waals surface area contributed by atoms with Crippen LogP contribution in [-0.4, -0.2) is 41.2 Å². The van der Waals surface area contributed by atoms with Crippen molar-refractivity contribution in [3.05, 3.63) is 30.1 Å². The van der Waals surface area contributed by atoms with Gasteiger partial charge >= 0.3 is 12.2 Å². The Kier molecular flexibility index (Phi) is 6.18. The summed E-state index contributed by atoms with van der Waals surface area (Å²) in [4.78, 5) is 37.8. The average molecular weight is 366 g/mol. The molecule has 0 aliphatic carbocycles. The van der Waals surface area contributed by atoms with E-state index in [0.717, 1.165) is 17.0 Å². The molecule has 1 fully saturated rings. The van der Waals surface area contributed by atoms with Gasteiger partial charge in [-0.3, -0.25) is 4.79 Å². The molecule has 1 aromatic carbocycles. The molecule has 1 atom stereocenters. The number of rotatable bonds is 2. The van der Waals surface area contributed by atoms with E-state index in [9.17, 15) is 18.8 Å². The van der Waals surface area contributed by atoms with Gasteiger partial charge in [0.2, 0.25) is 0 Å². The Morgan fingerprint density at radius 2 is 1.85 bits per heavy atom. The summed E-state index contributed by atoms with van der Waals surface area (Å²) in [6, 6.07) is 4.03. The Hall–Kier alpha value is -2.64. The fraction of sp³-hybridized carbons (Fsp3) is 0.500. The summed E-state index contributed by atoms with van der Waals surface area (Å²) < 4.78 is 23.2. The lowest BCUT2D eigenvalue weighted by Gasteiger charge is -2.25. The van der Waals surface area contributed by atoms with E-state index in [-0.39, 0.29) is 12.3 Å². The van der Waals surface area contributed by atoms with Crippen LogP contribution >= 0.6 is 0 Å². The zero-order chi connectivity index (χ0) is 19.3. The van der Waals surface area contributed by atoms with Crippen molar-refractivity contribution in [2.24, 2.45) is 0 Å². The van der Waals surface area contributed by atoms with Gasteiger partial charge in [0.1, 0.15) is 23.2 Å². The topological polar surface area (TPSA) is 84.9 Å². The van der Waals surface area contributed by atoms with Gasteiger partial charge in [0.05, 0.1) is 0 Å². The molecular weight excluding hydrogens is 343 g/mol. The molecule has 7 nitrogen and oxygen atoms in total. The summed E-state index contributed by atoms with van der Waals surface area (Å²) in [5, 5.41) is 2.51. The summed E-state index contributed by atoms with van der Waals surface area (Å²) in [6.45, 7) is 5.33. The minimum absolute atomic E-state index is 0.130. The molecule has 1 N–H and O–H groups in total. The van der Waals surface area contributed by atoms with Crippen LogP contribution in [0.2, 0.25) is 0 Å². The standard InChI is InChI=1S/C18H23FN2O5/c1-18(2,3)26-16(23)20-14-6-4-5-11-21(15(14)22)17(24)25-13-9-7-12(19)8-10-13/h7-10,14H,4-6,11H2,1-3H3,(H,20,23)/t14-/m1/s1. The van der Waals surface area contributed by atoms with Gasteiger partial charge in [-0.05, 0) is 64.3 Å². The number of hydrogen-bond donors (Lipinski definition) is 1. The molecule has 1 aliphatic heterocycles. The molecule has 0 aromatic heterocycles. The molecule has 0 bridgehead atoms. The summed E-state index contributed by atoms with van der Waals surface area (Å²) in [7, 11) is 0. The molecular formula is C18H23FN2O5. The number of halogens is 1. The predicted octanol–water partition coefficient (Wildman–Crippen LogP) is 3.23. The van der Waals surface area contributed by atoms with Crippen molar-refractivity contribution in [2.75, 3.05) is 6.54 Å². The maximum atomic E-state index is 12.9. The molecule has 26 heavy (non-hydrogen) atoms. The van der Waals surface area contributed by atoms with E-state index in [4.69, 9.17) is 9.47 Å². The lowest BCUT2D eigenvalue weighted by Crippen LogP contribution is -2.51. The fourth-order valence-electron chi connectivity index (χ4n) is 2.46. The Morgan fingerprint density at radius 3 is 2.46 bits per heavy atom. The van der Waals surface area contributed by atoms with Gasteiger partial charge in [-0.2, -0.15) is 0 Å². The second-order valence-electron chi connectivity index (χ2n) is 7.01. The Morgan fingerprint density at radius 1 is 1.19 bits per heavy atom. The third kappa shape index (κ3) is 5.72. The highest BCUT2D eigenvalue weighted by Gasteiger charge is 2.34. The maximum absolute atomic E-state index is 12.9. The minimum Gasteiger partial charge on any atom is -0.444 e. The number of likely N-dealkylation sites (tertiary alicyclic amines) is 1. The molecule has 1 saturated heterocycles. The number of amides is 3. The van der Waals surface area contributed by atoms with Gasteiger partial charge in [-0.25, -0.2) is 18.9 Å². The largest absolute Gasteiger partial charge is 0.444 e. The monoisotopic (exact) mass is 366 g/mol. The molecule has 8 heteroatoms. The zero-order valence-electron chi connectivity index (χ0n) is 15.1. The molecule has 2 rings (SSSR count). The van der Waals surface area contributed by atoms with Crippen LogP contribution in [0.15, 0.2) is 24.3 Å². The van der Waals surface area contributed by atoms with Gasteiger partial charge in [0, 0.05) is 6.54 Å². The predicted molar refractivity (Wildman–Crippen MR) is 91.1 cm³/mol. The molecule has 0 saturated carbocycles. The normalized spacial score (nSPS) is 18.1. The highest BCUT2D eigenvalue weighted by molar-refractivity contribution is 5.97. The lowest BCUT2D eigenvalue weighted by atomic mass is 10.1. The number of hydrogen-bond acceptors (Lipinski definition) is 5. The first kappa shape index (κ1) is 19.7. The van der Waals surface area contributed by atoms with Crippen LogP contribution in [0.25, 0.3) is 0 Å². The average Bonchev–Trinajstić information content (AvgIpc) is 2.70. The molecule has 1 aliphatic rings. The van der Waals surface area contributed by atoms with Crippen molar-refractivity contribution >= 4 is 18.1 Å². The van der Waals surface area contributed by atoms with Crippen LogP contribution in [0.3, 0.4) is 0 Å². The van der Waals surface area contributed by atoms with Gasteiger partial charge < -0.3 is 14.8 Å². The van der Waals surface area contributed by atoms with E-state index in [1.54, 1.807) is 20.8 Å². The number of benzene rings is 1. The number of alkyl carbamates (subject to hydrolysis) is 1. The van der Waals surface area contributed by atoms with Crippen LogP contribution in [0.5, 0.6) is 5.75 Å². The first-order chi connectivity index (χ1) is 12.2. The van der Waals surface area contributed by atoms with Gasteiger partial charge in [0.25, 0.3) is 5.91 Å². The van der Waals surface area contributed by atoms with Crippen LogP contribution in [0.4, 0.5) is 14.0 Å². The second-order valence-corrected chi connectivity index (χ2v) is 7.01. The number of carbonyl (C=O) groups excluding carboxylic acids is 3. The third-order valence-electron chi connectivity index (χ3n) is 3.62. The van der Waals surface area contributed by atoms with Gasteiger partial charge in [-0.1, -0.05) is 0 Å². The summed E-state index contributed by atoms with van der Waals surface area (Å²) in [6.07, 6.45) is 0.0749. The fourth-order valence-corrected chi connectivity index (χ4v) is 2.46. The number of carbonyl (C=O) groups is 3. The Labute approximate surface area is 151 Å². The highest BCUT2D eigenvalue weighted by Crippen LogP contribution is 2.17. The third-order valence-corrected chi connectivity index (χ3v) is 3.62. The summed E-state index contributed by atoms with van der Waals surface area (Å²) >= 11 is 0. The lowest BCUT2D eigenvalue weighted by molar-refractivity contribution is -0.130. The number of imide groups is 1. The molecule has 142 valence electrons. The van der Waals surface area contributed by atoms with Crippen molar-refractivity contribution in [2.45, 2.75) is 51.7 Å². The number of ether oxygens (including phenoxy) is 2. The van der Waals surface area contributed by atoms with E-state index in [1.807, 2.05) is 0 Å². The van der Waals surface area contributed by atoms with E-state index in [2.05, 4.69) is 5.32 Å². The first-order valence-electron chi connectivity index (χ1n) is 8.44. The highest BCUT2D eigenvalue weighted by atomic mass is 19.1. The second kappa shape index (κ2) is 8.16. The van der Waals surface area contributed by atoms with E-state index < -0.39 is 35.6 Å². The summed E-state index contributed by atoms with van der Waals surface area (Å²) in [5.74, 6) is -0.886. The van der Waals surface area contributed by atoms with Crippen molar-refractivity contribution in [1.82, 2.24) is 10.2 Å². The van der Waals surface area contributed by atoms with Gasteiger partial charge in [-0.15, -0.1) is 0 Å². The van der Waals surface area contributed by atoms with Crippen LogP contribution in [-0.2, 0) is 9.53 Å². The van der Waals surface area contributed by atoms with Crippen molar-refractivity contribution < 1.29 is 28.2 Å². The molecule has 0 spiro atoms. The molecule has 0 radical (unpaired) electrons. The zero-order valence-corrected chi connectivity index (χ0v) is 15.1. The van der Waals surface area contributed by atoms with Crippen LogP contribution < -0.4 is 10.1 Å². The van der Waals surface area contributed by atoms with Crippen molar-refractivity contribution in [1.29, 1.82) is 0 Å². The maximum Gasteiger partial charge on any atom is 0.422 e. The molecule has 3 amide bonds. The summed E-state index contributed by atoms with van der Waals surface area (Å²) in [5.41, 5.74) is -0.695. The molecule has 1 heterocycles. The molecule has 0 unspecified atom stereocenters. The quantitative estimate of drug-likeness (QED) is 0.869. The number of nitrogens with one attached hydrogen (secondary N) is 1. The Balaban J connectivity index is 2.03. The van der Waals surface area contributed by atoms with E-state index >= 15 is 0 Å². The molecule has 1 aromatic rings. The first-order valence-corrected chi connectivity index (χ1v) is 8.44.